The van der Waals surface area contributed by atoms with E-state index in [4.69, 9.17) is 46.4 Å². The Morgan fingerprint density at radius 2 is 1.45 bits per heavy atom. The van der Waals surface area contributed by atoms with E-state index in [0.717, 1.165) is 4.31 Å². The van der Waals surface area contributed by atoms with Crippen molar-refractivity contribution in [3.05, 3.63) is 92.4 Å². The summed E-state index contributed by atoms with van der Waals surface area (Å²) in [6.45, 7) is 6.20. The molecule has 3 aromatic carbocycles. The molecule has 1 N–H and O–H groups in total. The number of sulfonamides is 1. The van der Waals surface area contributed by atoms with Crippen LogP contribution in [-0.4, -0.2) is 43.3 Å². The van der Waals surface area contributed by atoms with Gasteiger partial charge >= 0.3 is 0 Å². The minimum atomic E-state index is -4.24. The van der Waals surface area contributed by atoms with Gasteiger partial charge in [-0.1, -0.05) is 70.7 Å². The molecule has 7 nitrogen and oxygen atoms in total. The number of amides is 2. The van der Waals surface area contributed by atoms with Gasteiger partial charge in [0.15, 0.2) is 0 Å². The summed E-state index contributed by atoms with van der Waals surface area (Å²) in [5.74, 6) is -1.10. The summed E-state index contributed by atoms with van der Waals surface area (Å²) < 4.78 is 28.5. The Hall–Kier alpha value is -2.49. The van der Waals surface area contributed by atoms with Crippen molar-refractivity contribution in [2.75, 3.05) is 10.8 Å². The lowest BCUT2D eigenvalue weighted by Gasteiger charge is -2.34. The van der Waals surface area contributed by atoms with E-state index in [1.807, 2.05) is 20.8 Å². The molecule has 0 aliphatic heterocycles. The second-order valence-corrected chi connectivity index (χ2v) is 13.6. The lowest BCUT2D eigenvalue weighted by Crippen LogP contribution is -2.54. The van der Waals surface area contributed by atoms with Crippen molar-refractivity contribution in [1.82, 2.24) is 10.2 Å². The molecule has 0 radical (unpaired) electrons. The van der Waals surface area contributed by atoms with Gasteiger partial charge in [0, 0.05) is 27.7 Å². The maximum absolute atomic E-state index is 14.0. The summed E-state index contributed by atoms with van der Waals surface area (Å²) in [4.78, 5) is 28.4. The monoisotopic (exact) mass is 643 g/mol. The molecule has 2 amide bonds. The molecule has 12 heteroatoms. The van der Waals surface area contributed by atoms with Gasteiger partial charge in [-0.25, -0.2) is 8.42 Å². The quantitative estimate of drug-likeness (QED) is 0.277. The topological polar surface area (TPSA) is 86.8 Å². The molecular formula is C28H29Cl4N3O4S. The second kappa shape index (κ2) is 13.0. The van der Waals surface area contributed by atoms with E-state index < -0.39 is 40.0 Å². The highest BCUT2D eigenvalue weighted by molar-refractivity contribution is 7.92. The molecule has 0 saturated heterocycles. The van der Waals surface area contributed by atoms with E-state index in [2.05, 4.69) is 5.32 Å². The van der Waals surface area contributed by atoms with E-state index in [9.17, 15) is 18.0 Å². The van der Waals surface area contributed by atoms with Crippen molar-refractivity contribution in [3.8, 4) is 0 Å². The first kappa shape index (κ1) is 32.0. The zero-order valence-corrected chi connectivity index (χ0v) is 26.1. The number of halogens is 4. The van der Waals surface area contributed by atoms with Gasteiger partial charge in [-0.2, -0.15) is 0 Å². The van der Waals surface area contributed by atoms with Crippen LogP contribution in [0.3, 0.4) is 0 Å². The molecule has 3 rings (SSSR count). The Kier molecular flexibility index (Phi) is 10.4. The molecule has 3 aromatic rings. The summed E-state index contributed by atoms with van der Waals surface area (Å²) in [6.07, 6.45) is 0. The van der Waals surface area contributed by atoms with Crippen LogP contribution in [0.15, 0.2) is 71.6 Å². The molecule has 0 fully saturated rings. The van der Waals surface area contributed by atoms with Gasteiger partial charge in [-0.3, -0.25) is 13.9 Å². The fourth-order valence-corrected chi connectivity index (χ4v) is 6.04. The van der Waals surface area contributed by atoms with Gasteiger partial charge in [-0.05, 0) is 70.2 Å². The number of nitrogens with zero attached hydrogens (tertiary/aromatic N) is 2. The lowest BCUT2D eigenvalue weighted by molar-refractivity contribution is -0.140. The average molecular weight is 645 g/mol. The SMILES string of the molecule is C[C@@H](C(=O)NC(C)(C)C)N(Cc1c(Cl)cccc1Cl)C(=O)CN(c1ccc(Cl)c(Cl)c1)S(=O)(=O)c1ccccc1. The summed E-state index contributed by atoms with van der Waals surface area (Å²) in [6, 6.07) is 15.8. The van der Waals surface area contributed by atoms with E-state index in [0.29, 0.717) is 15.6 Å². The molecule has 0 spiro atoms. The Bertz CT molecular complexity index is 1470. The molecule has 40 heavy (non-hydrogen) atoms. The largest absolute Gasteiger partial charge is 0.350 e. The van der Waals surface area contributed by atoms with Crippen LogP contribution in [-0.2, 0) is 26.2 Å². The maximum Gasteiger partial charge on any atom is 0.264 e. The zero-order valence-electron chi connectivity index (χ0n) is 22.3. The highest BCUT2D eigenvalue weighted by Gasteiger charge is 2.34. The molecule has 0 saturated carbocycles. The van der Waals surface area contributed by atoms with Gasteiger partial charge in [-0.15, -0.1) is 0 Å². The molecule has 0 unspecified atom stereocenters. The van der Waals surface area contributed by atoms with Crippen molar-refractivity contribution in [3.63, 3.8) is 0 Å². The third-order valence-corrected chi connectivity index (χ3v) is 9.09. The number of hydrogen-bond acceptors (Lipinski definition) is 4. The first-order chi connectivity index (χ1) is 18.6. The number of hydrogen-bond donors (Lipinski definition) is 1. The smallest absolute Gasteiger partial charge is 0.264 e. The van der Waals surface area contributed by atoms with Crippen molar-refractivity contribution in [2.45, 2.75) is 50.7 Å². The number of carbonyl (C=O) groups excluding carboxylic acids is 2. The van der Waals surface area contributed by atoms with Gasteiger partial charge in [0.2, 0.25) is 11.8 Å². The molecule has 0 bridgehead atoms. The number of benzene rings is 3. The first-order valence-electron chi connectivity index (χ1n) is 12.2. The first-order valence-corrected chi connectivity index (χ1v) is 15.1. The normalized spacial score (nSPS) is 12.5. The fourth-order valence-electron chi connectivity index (χ4n) is 3.80. The zero-order chi connectivity index (χ0) is 29.8. The Morgan fingerprint density at radius 3 is 2.00 bits per heavy atom. The highest BCUT2D eigenvalue weighted by Crippen LogP contribution is 2.31. The lowest BCUT2D eigenvalue weighted by atomic mass is 10.1. The van der Waals surface area contributed by atoms with Crippen LogP contribution in [0.1, 0.15) is 33.3 Å². The number of rotatable bonds is 9. The molecule has 1 atom stereocenters. The van der Waals surface area contributed by atoms with E-state index in [1.165, 1.54) is 35.2 Å². The van der Waals surface area contributed by atoms with Crippen molar-refractivity contribution in [1.29, 1.82) is 0 Å². The van der Waals surface area contributed by atoms with E-state index in [1.54, 1.807) is 43.3 Å². The summed E-state index contributed by atoms with van der Waals surface area (Å²) in [5, 5.41) is 3.79. The predicted molar refractivity (Wildman–Crippen MR) is 162 cm³/mol. The molecule has 0 aliphatic carbocycles. The van der Waals surface area contributed by atoms with Crippen molar-refractivity contribution in [2.24, 2.45) is 0 Å². The Balaban J connectivity index is 2.09. The summed E-state index contributed by atoms with van der Waals surface area (Å²) in [7, 11) is -4.24. The molecular weight excluding hydrogens is 616 g/mol. The summed E-state index contributed by atoms with van der Waals surface area (Å²) >= 11 is 25.1. The standard InChI is InChI=1S/C28H29Cl4N3O4S/c1-18(27(37)33-28(2,3)4)34(16-21-22(29)11-8-12-23(21)30)26(36)17-35(19-13-14-24(31)25(32)15-19)40(38,39)20-9-6-5-7-10-20/h5-15,18H,16-17H2,1-4H3,(H,33,37)/t18-/m0/s1. The third-order valence-electron chi connectivity index (χ3n) is 5.86. The van der Waals surface area contributed by atoms with Crippen LogP contribution in [0.25, 0.3) is 0 Å². The number of nitrogens with one attached hydrogen (secondary N) is 1. The number of carbonyl (C=O) groups is 2. The Labute approximate surface area is 255 Å². The van der Waals surface area contributed by atoms with E-state index in [-0.39, 0.29) is 27.2 Å². The van der Waals surface area contributed by atoms with Gasteiger partial charge in [0.25, 0.3) is 10.0 Å². The average Bonchev–Trinajstić information content (AvgIpc) is 2.88. The number of anilines is 1. The van der Waals surface area contributed by atoms with Crippen LogP contribution >= 0.6 is 46.4 Å². The van der Waals surface area contributed by atoms with Crippen LogP contribution in [0.2, 0.25) is 20.1 Å². The van der Waals surface area contributed by atoms with Crippen LogP contribution < -0.4 is 9.62 Å². The van der Waals surface area contributed by atoms with Gasteiger partial charge in [0.1, 0.15) is 12.6 Å². The second-order valence-electron chi connectivity index (χ2n) is 10.1. The van der Waals surface area contributed by atoms with Crippen molar-refractivity contribution >= 4 is 73.9 Å². The van der Waals surface area contributed by atoms with Gasteiger partial charge in [0.05, 0.1) is 20.6 Å². The molecule has 0 heterocycles. The summed E-state index contributed by atoms with van der Waals surface area (Å²) in [5.41, 5.74) is -0.0408. The molecule has 0 aliphatic rings. The third kappa shape index (κ3) is 7.83. The van der Waals surface area contributed by atoms with E-state index >= 15 is 0 Å². The van der Waals surface area contributed by atoms with Crippen LogP contribution in [0, 0.1) is 0 Å². The fraction of sp³-hybridized carbons (Fsp3) is 0.286. The highest BCUT2D eigenvalue weighted by atomic mass is 35.5. The Morgan fingerprint density at radius 1 is 0.850 bits per heavy atom. The molecule has 0 aromatic heterocycles. The minimum Gasteiger partial charge on any atom is -0.350 e. The maximum atomic E-state index is 14.0. The van der Waals surface area contributed by atoms with Crippen LogP contribution in [0.4, 0.5) is 5.69 Å². The molecule has 214 valence electrons. The predicted octanol–water partition coefficient (Wildman–Crippen LogP) is 6.83. The van der Waals surface area contributed by atoms with Gasteiger partial charge < -0.3 is 10.2 Å². The van der Waals surface area contributed by atoms with Crippen LogP contribution in [0.5, 0.6) is 0 Å². The minimum absolute atomic E-state index is 0.0342. The van der Waals surface area contributed by atoms with Crippen molar-refractivity contribution < 1.29 is 18.0 Å².